The Hall–Kier alpha value is -0.120. The predicted octanol–water partition coefficient (Wildman–Crippen LogP) is 2.48. The van der Waals surface area contributed by atoms with Crippen molar-refractivity contribution in [1.82, 2.24) is 15.5 Å². The fourth-order valence-electron chi connectivity index (χ4n) is 3.35. The summed E-state index contributed by atoms with van der Waals surface area (Å²) < 4.78 is 11.1. The van der Waals surface area contributed by atoms with Gasteiger partial charge >= 0.3 is 0 Å². The number of hydrogen-bond acceptors (Lipinski definition) is 4. The second-order valence-corrected chi connectivity index (χ2v) is 7.37. The minimum absolute atomic E-state index is 0. The molecule has 2 aliphatic rings. The number of piperidine rings is 1. The Morgan fingerprint density at radius 1 is 1.12 bits per heavy atom. The van der Waals surface area contributed by atoms with Gasteiger partial charge in [0.25, 0.3) is 0 Å². The van der Waals surface area contributed by atoms with Crippen LogP contribution in [0.5, 0.6) is 0 Å². The van der Waals surface area contributed by atoms with Gasteiger partial charge in [0.15, 0.2) is 5.96 Å². The highest BCUT2D eigenvalue weighted by Gasteiger charge is 2.15. The number of nitrogens with one attached hydrogen (secondary N) is 2. The summed E-state index contributed by atoms with van der Waals surface area (Å²) in [7, 11) is 1.83. The van der Waals surface area contributed by atoms with E-state index in [1.807, 2.05) is 7.05 Å². The van der Waals surface area contributed by atoms with Crippen molar-refractivity contribution in [2.24, 2.45) is 10.9 Å². The third kappa shape index (κ3) is 10.3. The Labute approximate surface area is 176 Å². The first-order valence-electron chi connectivity index (χ1n) is 10.1. The van der Waals surface area contributed by atoms with Crippen molar-refractivity contribution in [3.8, 4) is 0 Å². The lowest BCUT2D eigenvalue weighted by atomic mass is 9.99. The Morgan fingerprint density at radius 3 is 2.50 bits per heavy atom. The summed E-state index contributed by atoms with van der Waals surface area (Å²) in [5.74, 6) is 1.82. The van der Waals surface area contributed by atoms with Crippen molar-refractivity contribution in [3.63, 3.8) is 0 Å². The topological polar surface area (TPSA) is 58.1 Å². The van der Waals surface area contributed by atoms with E-state index in [0.29, 0.717) is 6.10 Å². The van der Waals surface area contributed by atoms with Crippen molar-refractivity contribution in [3.05, 3.63) is 0 Å². The van der Waals surface area contributed by atoms with Gasteiger partial charge in [0, 0.05) is 33.4 Å². The van der Waals surface area contributed by atoms with Crippen molar-refractivity contribution in [2.75, 3.05) is 59.6 Å². The predicted molar refractivity (Wildman–Crippen MR) is 119 cm³/mol. The maximum atomic E-state index is 5.77. The normalized spacial score (nSPS) is 22.2. The SMILES string of the molecule is CN=C(NCCCCN1CCC(C)CC1)NCCCOC1CCOC1.I. The Kier molecular flexibility index (Phi) is 13.7. The van der Waals surface area contributed by atoms with Crippen LogP contribution in [0.3, 0.4) is 0 Å². The molecule has 0 saturated carbocycles. The molecule has 0 amide bonds. The molecule has 2 heterocycles. The molecule has 2 N–H and O–H groups in total. The quantitative estimate of drug-likeness (QED) is 0.217. The van der Waals surface area contributed by atoms with Crippen LogP contribution in [0.2, 0.25) is 0 Å². The van der Waals surface area contributed by atoms with E-state index in [-0.39, 0.29) is 24.0 Å². The van der Waals surface area contributed by atoms with Crippen LogP contribution in [0, 0.1) is 5.92 Å². The molecule has 0 aromatic heterocycles. The highest BCUT2D eigenvalue weighted by Crippen LogP contribution is 2.16. The molecule has 2 rings (SSSR count). The van der Waals surface area contributed by atoms with Gasteiger partial charge in [0.2, 0.25) is 0 Å². The molecule has 7 heteroatoms. The number of halogens is 1. The first-order valence-corrected chi connectivity index (χ1v) is 10.1. The van der Waals surface area contributed by atoms with Gasteiger partial charge < -0.3 is 25.0 Å². The van der Waals surface area contributed by atoms with Gasteiger partial charge in [-0.05, 0) is 64.1 Å². The standard InChI is InChI=1S/C19H38N4O2.HI/c1-17-6-12-23(13-7-17)11-4-3-9-21-19(20-2)22-10-5-14-25-18-8-15-24-16-18;/h17-18H,3-16H2,1-2H3,(H2,20,21,22);1H. The monoisotopic (exact) mass is 482 g/mol. The van der Waals surface area contributed by atoms with Crippen LogP contribution in [0.1, 0.15) is 45.4 Å². The average Bonchev–Trinajstić information content (AvgIpc) is 3.14. The molecule has 0 aliphatic carbocycles. The Balaban J connectivity index is 0.00000338. The molecule has 2 aliphatic heterocycles. The van der Waals surface area contributed by atoms with Gasteiger partial charge in [0.05, 0.1) is 12.7 Å². The number of aliphatic imine (C=N–C) groups is 1. The van der Waals surface area contributed by atoms with Crippen LogP contribution >= 0.6 is 24.0 Å². The second-order valence-electron chi connectivity index (χ2n) is 7.37. The van der Waals surface area contributed by atoms with Gasteiger partial charge in [-0.15, -0.1) is 24.0 Å². The number of ether oxygens (including phenoxy) is 2. The van der Waals surface area contributed by atoms with Gasteiger partial charge in [-0.3, -0.25) is 4.99 Å². The summed E-state index contributed by atoms with van der Waals surface area (Å²) in [6, 6.07) is 0. The van der Waals surface area contributed by atoms with E-state index in [2.05, 4.69) is 27.4 Å². The number of rotatable bonds is 10. The number of guanidine groups is 1. The van der Waals surface area contributed by atoms with Crippen LogP contribution in [0.15, 0.2) is 4.99 Å². The number of hydrogen-bond donors (Lipinski definition) is 2. The summed E-state index contributed by atoms with van der Waals surface area (Å²) in [6.07, 6.45) is 7.52. The van der Waals surface area contributed by atoms with E-state index < -0.39 is 0 Å². The molecule has 0 spiro atoms. The zero-order valence-electron chi connectivity index (χ0n) is 16.7. The van der Waals surface area contributed by atoms with E-state index in [0.717, 1.165) is 57.6 Å². The van der Waals surface area contributed by atoms with Crippen LogP contribution < -0.4 is 10.6 Å². The first kappa shape index (κ1) is 23.9. The summed E-state index contributed by atoms with van der Waals surface area (Å²) in [5.41, 5.74) is 0. The Morgan fingerprint density at radius 2 is 1.85 bits per heavy atom. The van der Waals surface area contributed by atoms with Crippen LogP contribution in [-0.2, 0) is 9.47 Å². The lowest BCUT2D eigenvalue weighted by molar-refractivity contribution is 0.0420. The van der Waals surface area contributed by atoms with Crippen molar-refractivity contribution >= 4 is 29.9 Å². The number of nitrogens with zero attached hydrogens (tertiary/aromatic N) is 2. The molecule has 154 valence electrons. The largest absolute Gasteiger partial charge is 0.379 e. The van der Waals surface area contributed by atoms with Crippen LogP contribution in [0.4, 0.5) is 0 Å². The molecular formula is C19H39IN4O2. The fourth-order valence-corrected chi connectivity index (χ4v) is 3.35. The highest BCUT2D eigenvalue weighted by atomic mass is 127. The van der Waals surface area contributed by atoms with Gasteiger partial charge in [-0.25, -0.2) is 0 Å². The Bertz CT molecular complexity index is 371. The van der Waals surface area contributed by atoms with E-state index in [1.165, 1.54) is 45.3 Å². The minimum Gasteiger partial charge on any atom is -0.379 e. The zero-order chi connectivity index (χ0) is 17.7. The number of likely N-dealkylation sites (tertiary alicyclic amines) is 1. The smallest absolute Gasteiger partial charge is 0.190 e. The number of unbranched alkanes of at least 4 members (excludes halogenated alkanes) is 1. The average molecular weight is 482 g/mol. The molecule has 2 saturated heterocycles. The van der Waals surface area contributed by atoms with E-state index >= 15 is 0 Å². The lowest BCUT2D eigenvalue weighted by Crippen LogP contribution is -2.39. The summed E-state index contributed by atoms with van der Waals surface area (Å²) >= 11 is 0. The van der Waals surface area contributed by atoms with Crippen molar-refractivity contribution < 1.29 is 9.47 Å². The molecule has 0 aromatic rings. The van der Waals surface area contributed by atoms with E-state index in [9.17, 15) is 0 Å². The molecule has 0 radical (unpaired) electrons. The van der Waals surface area contributed by atoms with Crippen LogP contribution in [-0.4, -0.2) is 76.6 Å². The van der Waals surface area contributed by atoms with E-state index in [1.54, 1.807) is 0 Å². The minimum atomic E-state index is 0. The molecular weight excluding hydrogens is 443 g/mol. The first-order chi connectivity index (χ1) is 12.3. The van der Waals surface area contributed by atoms with E-state index in [4.69, 9.17) is 9.47 Å². The third-order valence-electron chi connectivity index (χ3n) is 5.15. The molecule has 0 bridgehead atoms. The summed E-state index contributed by atoms with van der Waals surface area (Å²) in [5, 5.41) is 6.76. The van der Waals surface area contributed by atoms with Gasteiger partial charge in [-0.2, -0.15) is 0 Å². The summed E-state index contributed by atoms with van der Waals surface area (Å²) in [4.78, 5) is 6.90. The van der Waals surface area contributed by atoms with Gasteiger partial charge in [0.1, 0.15) is 0 Å². The maximum Gasteiger partial charge on any atom is 0.190 e. The fraction of sp³-hybridized carbons (Fsp3) is 0.947. The van der Waals surface area contributed by atoms with Gasteiger partial charge in [-0.1, -0.05) is 6.92 Å². The molecule has 2 fully saturated rings. The second kappa shape index (κ2) is 14.9. The van der Waals surface area contributed by atoms with Crippen molar-refractivity contribution in [2.45, 2.75) is 51.6 Å². The molecule has 1 atom stereocenters. The lowest BCUT2D eigenvalue weighted by Gasteiger charge is -2.30. The molecule has 6 nitrogen and oxygen atoms in total. The molecule has 0 aromatic carbocycles. The van der Waals surface area contributed by atoms with Crippen molar-refractivity contribution in [1.29, 1.82) is 0 Å². The molecule has 26 heavy (non-hydrogen) atoms. The van der Waals surface area contributed by atoms with Crippen LogP contribution in [0.25, 0.3) is 0 Å². The summed E-state index contributed by atoms with van der Waals surface area (Å²) in [6.45, 7) is 10.4. The maximum absolute atomic E-state index is 5.77. The highest BCUT2D eigenvalue weighted by molar-refractivity contribution is 14.0. The third-order valence-corrected chi connectivity index (χ3v) is 5.15. The zero-order valence-corrected chi connectivity index (χ0v) is 19.0. The molecule has 1 unspecified atom stereocenters.